The third-order valence-corrected chi connectivity index (χ3v) is 4.48. The summed E-state index contributed by atoms with van der Waals surface area (Å²) in [7, 11) is 0. The summed E-state index contributed by atoms with van der Waals surface area (Å²) in [6.45, 7) is 6.69. The summed E-state index contributed by atoms with van der Waals surface area (Å²) >= 11 is 0. The maximum Gasteiger partial charge on any atom is 0.130 e. The van der Waals surface area contributed by atoms with Crippen LogP contribution in [0.3, 0.4) is 0 Å². The van der Waals surface area contributed by atoms with Crippen molar-refractivity contribution >= 4 is 5.82 Å². The lowest BCUT2D eigenvalue weighted by molar-refractivity contribution is 0.328. The van der Waals surface area contributed by atoms with Gasteiger partial charge in [0.15, 0.2) is 0 Å². The average molecular weight is 352 g/mol. The quantitative estimate of drug-likeness (QED) is 0.655. The number of benzene rings is 2. The fraction of sp³-hybridized carbons (Fsp3) is 0.250. The Morgan fingerprint density at radius 1 is 1.12 bits per heavy atom. The molecule has 2 aromatic carbocycles. The number of nitrogens with zero attached hydrogens (tertiary/aromatic N) is 2. The topological polar surface area (TPSA) is 99.3 Å². The molecular weight excluding hydrogens is 328 g/mol. The van der Waals surface area contributed by atoms with Gasteiger partial charge in [0.25, 0.3) is 0 Å². The molecule has 26 heavy (non-hydrogen) atoms. The van der Waals surface area contributed by atoms with Gasteiger partial charge in [0, 0.05) is 23.2 Å². The fourth-order valence-electron chi connectivity index (χ4n) is 3.01. The first-order chi connectivity index (χ1) is 12.4. The van der Waals surface area contributed by atoms with Gasteiger partial charge in [-0.1, -0.05) is 18.2 Å². The van der Waals surface area contributed by atoms with Crippen molar-refractivity contribution in [3.63, 3.8) is 0 Å². The van der Waals surface area contributed by atoms with E-state index in [1.54, 1.807) is 10.7 Å². The number of hydrogen-bond acceptors (Lipinski definition) is 5. The number of aryl methyl sites for hydroxylation is 1. The van der Waals surface area contributed by atoms with Gasteiger partial charge in [0.1, 0.15) is 23.9 Å². The summed E-state index contributed by atoms with van der Waals surface area (Å²) in [5.74, 6) is 1.51. The van der Waals surface area contributed by atoms with Crippen LogP contribution in [0.5, 0.6) is 11.5 Å². The van der Waals surface area contributed by atoms with Gasteiger partial charge < -0.3 is 21.3 Å². The summed E-state index contributed by atoms with van der Waals surface area (Å²) in [6, 6.07) is 11.2. The number of hydrogen-bond donors (Lipinski definition) is 3. The maximum absolute atomic E-state index is 10.1. The molecule has 0 saturated heterocycles. The Bertz CT molecular complexity index is 947. The highest BCUT2D eigenvalue weighted by atomic mass is 16.5. The van der Waals surface area contributed by atoms with E-state index in [-0.39, 0.29) is 5.75 Å². The first-order valence-corrected chi connectivity index (χ1v) is 8.52. The van der Waals surface area contributed by atoms with Crippen LogP contribution in [-0.4, -0.2) is 28.0 Å². The van der Waals surface area contributed by atoms with E-state index in [4.69, 9.17) is 21.3 Å². The highest BCUT2D eigenvalue weighted by Gasteiger charge is 2.18. The van der Waals surface area contributed by atoms with Crippen LogP contribution >= 0.6 is 0 Å². The lowest BCUT2D eigenvalue weighted by atomic mass is 10.1. The monoisotopic (exact) mass is 352 g/mol. The molecule has 3 rings (SSSR count). The van der Waals surface area contributed by atoms with Crippen molar-refractivity contribution in [2.75, 3.05) is 18.9 Å². The summed E-state index contributed by atoms with van der Waals surface area (Å²) in [4.78, 5) is 0. The van der Waals surface area contributed by atoms with E-state index in [0.29, 0.717) is 19.0 Å². The number of nitrogen functional groups attached to an aromatic ring is 1. The fourth-order valence-corrected chi connectivity index (χ4v) is 3.01. The van der Waals surface area contributed by atoms with Crippen molar-refractivity contribution in [1.82, 2.24) is 9.78 Å². The molecule has 0 aliphatic carbocycles. The Labute approximate surface area is 153 Å². The predicted octanol–water partition coefficient (Wildman–Crippen LogP) is 3.09. The molecule has 0 aliphatic rings. The van der Waals surface area contributed by atoms with Crippen molar-refractivity contribution in [2.24, 2.45) is 5.73 Å². The third kappa shape index (κ3) is 3.11. The van der Waals surface area contributed by atoms with Gasteiger partial charge in [-0.15, -0.1) is 0 Å². The Hall–Kier alpha value is -2.99. The molecule has 1 heterocycles. The summed E-state index contributed by atoms with van der Waals surface area (Å²) in [5, 5.41) is 14.8. The largest absolute Gasteiger partial charge is 0.508 e. The number of ether oxygens (including phenoxy) is 1. The number of rotatable bonds is 5. The Morgan fingerprint density at radius 3 is 2.62 bits per heavy atom. The molecule has 0 amide bonds. The van der Waals surface area contributed by atoms with Gasteiger partial charge in [0.05, 0.1) is 11.4 Å². The van der Waals surface area contributed by atoms with Crippen LogP contribution in [0.1, 0.15) is 16.7 Å². The number of phenolic OH excluding ortho intramolecular Hbond substituents is 1. The number of nitrogens with two attached hydrogens (primary N) is 2. The van der Waals surface area contributed by atoms with Crippen LogP contribution in [0.15, 0.2) is 36.4 Å². The number of aromatic nitrogens is 2. The molecule has 0 spiro atoms. The second-order valence-electron chi connectivity index (χ2n) is 6.31. The Kier molecular flexibility index (Phi) is 4.86. The van der Waals surface area contributed by atoms with Crippen LogP contribution in [-0.2, 0) is 0 Å². The van der Waals surface area contributed by atoms with E-state index in [0.717, 1.165) is 39.4 Å². The molecule has 6 heteroatoms. The Balaban J connectivity index is 2.11. The average Bonchev–Trinajstić information content (AvgIpc) is 2.93. The second kappa shape index (κ2) is 7.09. The molecule has 1 aromatic heterocycles. The SMILES string of the molecule is Cc1ccc(O)c(C)c1-n1nc(-c2cccc(OCCN)c2)c(C)c1N. The van der Waals surface area contributed by atoms with Crippen LogP contribution < -0.4 is 16.2 Å². The van der Waals surface area contributed by atoms with Crippen molar-refractivity contribution in [1.29, 1.82) is 0 Å². The smallest absolute Gasteiger partial charge is 0.130 e. The standard InChI is InChI=1S/C20H24N4O2/c1-12-7-8-17(25)13(2)19(12)24-20(22)14(3)18(23-24)15-5-4-6-16(11-15)26-10-9-21/h4-8,11,25H,9-10,21-22H2,1-3H3. The molecule has 0 bridgehead atoms. The minimum absolute atomic E-state index is 0.219. The van der Waals surface area contributed by atoms with E-state index < -0.39 is 0 Å². The first-order valence-electron chi connectivity index (χ1n) is 8.52. The minimum Gasteiger partial charge on any atom is -0.508 e. The van der Waals surface area contributed by atoms with E-state index in [1.165, 1.54) is 0 Å². The molecule has 0 fully saturated rings. The number of aromatic hydroxyl groups is 1. The van der Waals surface area contributed by atoms with Crippen LogP contribution in [0.2, 0.25) is 0 Å². The highest BCUT2D eigenvalue weighted by Crippen LogP contribution is 2.34. The van der Waals surface area contributed by atoms with Crippen LogP contribution in [0.25, 0.3) is 16.9 Å². The second-order valence-corrected chi connectivity index (χ2v) is 6.31. The number of phenols is 1. The van der Waals surface area contributed by atoms with Crippen molar-refractivity contribution in [2.45, 2.75) is 20.8 Å². The normalized spacial score (nSPS) is 10.9. The van der Waals surface area contributed by atoms with E-state index >= 15 is 0 Å². The molecule has 0 radical (unpaired) electrons. The summed E-state index contributed by atoms with van der Waals surface area (Å²) in [5.41, 5.74) is 17.0. The zero-order chi connectivity index (χ0) is 18.8. The Morgan fingerprint density at radius 2 is 1.88 bits per heavy atom. The van der Waals surface area contributed by atoms with Crippen LogP contribution in [0, 0.1) is 20.8 Å². The molecule has 5 N–H and O–H groups in total. The summed E-state index contributed by atoms with van der Waals surface area (Å²) < 4.78 is 7.31. The lowest BCUT2D eigenvalue weighted by Gasteiger charge is -2.12. The molecule has 136 valence electrons. The molecule has 0 saturated carbocycles. The maximum atomic E-state index is 10.1. The van der Waals surface area contributed by atoms with Crippen molar-refractivity contribution in [3.05, 3.63) is 53.1 Å². The zero-order valence-corrected chi connectivity index (χ0v) is 15.3. The molecule has 3 aromatic rings. The minimum atomic E-state index is 0.219. The van der Waals surface area contributed by atoms with Gasteiger partial charge in [-0.05, 0) is 44.5 Å². The molecule has 0 atom stereocenters. The van der Waals surface area contributed by atoms with Gasteiger partial charge in [-0.2, -0.15) is 5.10 Å². The predicted molar refractivity (Wildman–Crippen MR) is 104 cm³/mol. The molecule has 6 nitrogen and oxygen atoms in total. The van der Waals surface area contributed by atoms with Gasteiger partial charge in [-0.3, -0.25) is 0 Å². The van der Waals surface area contributed by atoms with E-state index in [2.05, 4.69) is 0 Å². The molecule has 0 unspecified atom stereocenters. The molecular formula is C20H24N4O2. The van der Waals surface area contributed by atoms with E-state index in [9.17, 15) is 5.11 Å². The van der Waals surface area contributed by atoms with Gasteiger partial charge in [0.2, 0.25) is 0 Å². The van der Waals surface area contributed by atoms with E-state index in [1.807, 2.05) is 51.1 Å². The van der Waals surface area contributed by atoms with Gasteiger partial charge >= 0.3 is 0 Å². The first kappa shape index (κ1) is 17.8. The molecule has 0 aliphatic heterocycles. The highest BCUT2D eigenvalue weighted by molar-refractivity contribution is 5.71. The van der Waals surface area contributed by atoms with Gasteiger partial charge in [-0.25, -0.2) is 4.68 Å². The zero-order valence-electron chi connectivity index (χ0n) is 15.3. The third-order valence-electron chi connectivity index (χ3n) is 4.48. The lowest BCUT2D eigenvalue weighted by Crippen LogP contribution is -2.10. The van der Waals surface area contributed by atoms with Crippen LogP contribution in [0.4, 0.5) is 5.82 Å². The van der Waals surface area contributed by atoms with Crippen molar-refractivity contribution in [3.8, 4) is 28.4 Å². The van der Waals surface area contributed by atoms with Crippen molar-refractivity contribution < 1.29 is 9.84 Å². The summed E-state index contributed by atoms with van der Waals surface area (Å²) in [6.07, 6.45) is 0. The number of anilines is 1.